The molecule has 0 atom stereocenters. The van der Waals surface area contributed by atoms with Crippen LogP contribution in [0.25, 0.3) is 122 Å². The molecule has 0 spiro atoms. The van der Waals surface area contributed by atoms with Gasteiger partial charge >= 0.3 is 6.18 Å². The van der Waals surface area contributed by atoms with Crippen LogP contribution in [-0.2, 0) is 6.18 Å². The van der Waals surface area contributed by atoms with Gasteiger partial charge in [-0.3, -0.25) is 0 Å². The Labute approximate surface area is 461 Å². The molecule has 0 N–H and O–H groups in total. The van der Waals surface area contributed by atoms with E-state index in [1.165, 1.54) is 28.3 Å². The van der Waals surface area contributed by atoms with Crippen molar-refractivity contribution >= 4 is 43.6 Å². The lowest BCUT2D eigenvalue weighted by atomic mass is 9.92. The monoisotopic (exact) mass is 1040 g/mol. The molecule has 2 heterocycles. The largest absolute Gasteiger partial charge is 0.416 e. The first kappa shape index (κ1) is 49.4. The number of hydrogen-bond donors (Lipinski definition) is 0. The fourth-order valence-corrected chi connectivity index (χ4v) is 11.5. The second-order valence-electron chi connectivity index (χ2n) is 21.0. The van der Waals surface area contributed by atoms with Gasteiger partial charge in [0.1, 0.15) is 0 Å². The van der Waals surface area contributed by atoms with E-state index in [0.717, 1.165) is 123 Å². The van der Waals surface area contributed by atoms with E-state index < -0.39 is 11.7 Å². The van der Waals surface area contributed by atoms with Gasteiger partial charge in [-0.15, -0.1) is 0 Å². The van der Waals surface area contributed by atoms with Crippen molar-refractivity contribution in [1.29, 1.82) is 10.5 Å². The Bertz CT molecular complexity index is 4510. The number of alkyl halides is 3. The average Bonchev–Trinajstić information content (AvgIpc) is 4.00. The van der Waals surface area contributed by atoms with Crippen LogP contribution >= 0.6 is 0 Å². The lowest BCUT2D eigenvalue weighted by Gasteiger charge is -2.20. The summed E-state index contributed by atoms with van der Waals surface area (Å²) in [5, 5.41) is 25.4. The summed E-state index contributed by atoms with van der Waals surface area (Å²) in [6.45, 7) is 8.33. The van der Waals surface area contributed by atoms with Gasteiger partial charge in [0.25, 0.3) is 0 Å². The molecule has 0 amide bonds. The van der Waals surface area contributed by atoms with Crippen molar-refractivity contribution < 1.29 is 13.2 Å². The third-order valence-corrected chi connectivity index (χ3v) is 15.7. The van der Waals surface area contributed by atoms with E-state index in [4.69, 9.17) is 0 Å². The highest BCUT2D eigenvalue weighted by molar-refractivity contribution is 6.14. The van der Waals surface area contributed by atoms with Crippen molar-refractivity contribution in [2.24, 2.45) is 0 Å². The molecule has 0 aliphatic heterocycles. The average molecular weight is 1040 g/mol. The number of aryl methyl sites for hydroxylation is 4. The predicted octanol–water partition coefficient (Wildman–Crippen LogP) is 19.9. The van der Waals surface area contributed by atoms with E-state index >= 15 is 0 Å². The summed E-state index contributed by atoms with van der Waals surface area (Å²) in [6, 6.07) is 79.9. The van der Waals surface area contributed by atoms with Gasteiger partial charge in [0.15, 0.2) is 0 Å². The van der Waals surface area contributed by atoms with Crippen LogP contribution in [0, 0.1) is 50.4 Å². The van der Waals surface area contributed by atoms with Crippen LogP contribution in [0.15, 0.2) is 224 Å². The van der Waals surface area contributed by atoms with Crippen LogP contribution in [0.1, 0.15) is 38.9 Å². The molecule has 80 heavy (non-hydrogen) atoms. The molecule has 0 fully saturated rings. The number of aromatic nitrogens is 2. The molecule has 0 saturated carbocycles. The summed E-state index contributed by atoms with van der Waals surface area (Å²) in [7, 11) is 0. The van der Waals surface area contributed by atoms with Gasteiger partial charge in [0.2, 0.25) is 0 Å². The fraction of sp³-hybridized carbons (Fsp3) is 0.0685. The van der Waals surface area contributed by atoms with Crippen LogP contribution in [-0.4, -0.2) is 9.13 Å². The number of hydrogen-bond acceptors (Lipinski definition) is 2. The fourth-order valence-electron chi connectivity index (χ4n) is 11.5. The van der Waals surface area contributed by atoms with Gasteiger partial charge in [-0.1, -0.05) is 162 Å². The molecule has 0 saturated heterocycles. The van der Waals surface area contributed by atoms with Gasteiger partial charge < -0.3 is 9.13 Å². The minimum absolute atomic E-state index is 0.0983. The maximum atomic E-state index is 14.2. The van der Waals surface area contributed by atoms with Gasteiger partial charge in [-0.05, 0) is 168 Å². The number of benzene rings is 11. The summed E-state index contributed by atoms with van der Waals surface area (Å²) < 4.78 is 47.2. The standard InChI is InChI=1S/C73H49F3N4/c1-44-5-14-49(15-6-44)53-22-30-68-63(37-53)64-38-54(50-16-7-45(2)8-17-50)23-31-69(64)79(68)67-34-26-57(60-29-27-59(73(74,75)76)36-58(60)43-78)41-62(67)61-28-13-48(42-77)35-72(61)80-70-32-24-55(51-18-9-46(3)10-19-51)39-65(70)66-40-56(25-33-71(66)80)52-20-11-47(4)12-21-52/h5-41H,1-4H3. The number of nitrogens with zero attached hydrogens (tertiary/aromatic N) is 4. The van der Waals surface area contributed by atoms with E-state index in [1.807, 2.05) is 36.4 Å². The first-order valence-corrected chi connectivity index (χ1v) is 26.6. The van der Waals surface area contributed by atoms with E-state index in [2.05, 4.69) is 219 Å². The van der Waals surface area contributed by atoms with Crippen molar-refractivity contribution in [2.75, 3.05) is 0 Å². The molecule has 2 aromatic heterocycles. The highest BCUT2D eigenvalue weighted by Crippen LogP contribution is 2.46. The summed E-state index contributed by atoms with van der Waals surface area (Å²) in [5.41, 5.74) is 20.4. The lowest BCUT2D eigenvalue weighted by molar-refractivity contribution is -0.137. The van der Waals surface area contributed by atoms with E-state index in [1.54, 1.807) is 0 Å². The topological polar surface area (TPSA) is 57.4 Å². The van der Waals surface area contributed by atoms with Crippen molar-refractivity contribution in [3.8, 4) is 90.3 Å². The molecule has 382 valence electrons. The number of rotatable bonds is 8. The Balaban J connectivity index is 1.12. The van der Waals surface area contributed by atoms with Crippen LogP contribution in [0.3, 0.4) is 0 Å². The molecular formula is C73H49F3N4. The first-order chi connectivity index (χ1) is 38.8. The summed E-state index contributed by atoms with van der Waals surface area (Å²) >= 11 is 0. The van der Waals surface area contributed by atoms with Gasteiger partial charge in [0.05, 0.1) is 62.3 Å². The van der Waals surface area contributed by atoms with Crippen LogP contribution in [0.4, 0.5) is 13.2 Å². The zero-order valence-electron chi connectivity index (χ0n) is 44.3. The van der Waals surface area contributed by atoms with Crippen molar-refractivity contribution in [3.63, 3.8) is 0 Å². The molecule has 11 aromatic carbocycles. The molecule has 4 nitrogen and oxygen atoms in total. The predicted molar refractivity (Wildman–Crippen MR) is 321 cm³/mol. The first-order valence-electron chi connectivity index (χ1n) is 26.6. The van der Waals surface area contributed by atoms with E-state index in [9.17, 15) is 23.7 Å². The third kappa shape index (κ3) is 8.67. The SMILES string of the molecule is Cc1ccc(-c2ccc3c(c2)c2cc(-c4ccc(C)cc4)ccc2n3-c2ccc(-c3ccc(C(F)(F)F)cc3C#N)cc2-c2ccc(C#N)cc2-n2c3ccc(-c4ccc(C)cc4)cc3c3cc(-c4ccc(C)cc4)ccc32)cc1. The molecule has 13 aromatic rings. The minimum Gasteiger partial charge on any atom is -0.309 e. The number of fused-ring (bicyclic) bond motifs is 6. The second kappa shape index (κ2) is 19.4. The highest BCUT2D eigenvalue weighted by Gasteiger charge is 2.31. The normalized spacial score (nSPS) is 11.7. The van der Waals surface area contributed by atoms with Crippen molar-refractivity contribution in [3.05, 3.63) is 263 Å². The lowest BCUT2D eigenvalue weighted by Crippen LogP contribution is -2.05. The molecule has 0 aliphatic carbocycles. The summed E-state index contributed by atoms with van der Waals surface area (Å²) in [6.07, 6.45) is -4.64. The molecule has 0 bridgehead atoms. The molecule has 13 rings (SSSR count). The molecule has 0 unspecified atom stereocenters. The van der Waals surface area contributed by atoms with Crippen LogP contribution in [0.2, 0.25) is 0 Å². The highest BCUT2D eigenvalue weighted by atomic mass is 19.4. The summed E-state index contributed by atoms with van der Waals surface area (Å²) in [5.74, 6) is 0. The second-order valence-corrected chi connectivity index (χ2v) is 21.0. The Morgan fingerprint density at radius 3 is 1.05 bits per heavy atom. The maximum absolute atomic E-state index is 14.2. The van der Waals surface area contributed by atoms with Gasteiger partial charge in [-0.25, -0.2) is 0 Å². The molecule has 7 heteroatoms. The molecule has 0 radical (unpaired) electrons. The Morgan fingerprint density at radius 1 is 0.312 bits per heavy atom. The van der Waals surface area contributed by atoms with Crippen LogP contribution < -0.4 is 0 Å². The minimum atomic E-state index is -4.64. The van der Waals surface area contributed by atoms with E-state index in [0.29, 0.717) is 16.7 Å². The zero-order chi connectivity index (χ0) is 55.0. The third-order valence-electron chi connectivity index (χ3n) is 15.7. The Hall–Kier alpha value is -10.2. The number of halogens is 3. The summed E-state index contributed by atoms with van der Waals surface area (Å²) in [4.78, 5) is 0. The Morgan fingerprint density at radius 2 is 0.675 bits per heavy atom. The van der Waals surface area contributed by atoms with Crippen molar-refractivity contribution in [2.45, 2.75) is 33.9 Å². The van der Waals surface area contributed by atoms with Gasteiger partial charge in [-0.2, -0.15) is 23.7 Å². The molecular weight excluding hydrogens is 990 g/mol. The van der Waals surface area contributed by atoms with Gasteiger partial charge in [0, 0.05) is 32.7 Å². The quantitative estimate of drug-likeness (QED) is 0.152. The van der Waals surface area contributed by atoms with Crippen molar-refractivity contribution in [1.82, 2.24) is 9.13 Å². The smallest absolute Gasteiger partial charge is 0.309 e. The van der Waals surface area contributed by atoms with Crippen LogP contribution in [0.5, 0.6) is 0 Å². The van der Waals surface area contributed by atoms with E-state index in [-0.39, 0.29) is 5.56 Å². The Kier molecular flexibility index (Phi) is 11.9. The number of nitriles is 2. The maximum Gasteiger partial charge on any atom is 0.416 e. The molecule has 0 aliphatic rings. The zero-order valence-corrected chi connectivity index (χ0v) is 44.3.